The quantitative estimate of drug-likeness (QED) is 0.623. The Morgan fingerprint density at radius 1 is 1.17 bits per heavy atom. The van der Waals surface area contributed by atoms with E-state index in [4.69, 9.17) is 28.3 Å². The number of rotatable bonds is 4. The van der Waals surface area contributed by atoms with Crippen LogP contribution in [0.25, 0.3) is 22.6 Å². The van der Waals surface area contributed by atoms with Crippen molar-refractivity contribution < 1.29 is 9.90 Å². The van der Waals surface area contributed by atoms with Crippen molar-refractivity contribution in [3.8, 4) is 22.6 Å². The first-order valence-corrected chi connectivity index (χ1v) is 7.85. The number of carbonyl (C=O) groups is 1. The number of hydrogen-bond donors (Lipinski definition) is 3. The van der Waals surface area contributed by atoms with Crippen molar-refractivity contribution in [1.29, 1.82) is 0 Å². The van der Waals surface area contributed by atoms with Gasteiger partial charge in [0.1, 0.15) is 5.82 Å². The third kappa shape index (κ3) is 3.69. The molecule has 1 heterocycles. The van der Waals surface area contributed by atoms with Crippen LogP contribution in [0.1, 0.15) is 5.56 Å². The molecule has 3 rings (SSSR count). The lowest BCUT2D eigenvalue weighted by Crippen LogP contribution is -2.19. The van der Waals surface area contributed by atoms with Gasteiger partial charge in [-0.2, -0.15) is 0 Å². The number of H-pyrrole nitrogens is 1. The highest BCUT2D eigenvalue weighted by Gasteiger charge is 2.09. The largest absolute Gasteiger partial charge is 0.465 e. The summed E-state index contributed by atoms with van der Waals surface area (Å²) in [7, 11) is 0. The van der Waals surface area contributed by atoms with E-state index < -0.39 is 6.09 Å². The third-order valence-electron chi connectivity index (χ3n) is 3.47. The molecule has 3 N–H and O–H groups in total. The van der Waals surface area contributed by atoms with Crippen molar-refractivity contribution >= 4 is 29.3 Å². The van der Waals surface area contributed by atoms with Crippen molar-refractivity contribution in [2.24, 2.45) is 0 Å². The number of hydrogen-bond acceptors (Lipinski definition) is 2. The SMILES string of the molecule is O=C(O)NCc1ccc(-c2ncc(-c3ccc(Cl)cc3Cl)[nH]2)cc1. The van der Waals surface area contributed by atoms with Gasteiger partial charge in [0.25, 0.3) is 0 Å². The van der Waals surface area contributed by atoms with Gasteiger partial charge in [0.15, 0.2) is 0 Å². The number of aromatic nitrogens is 2. The van der Waals surface area contributed by atoms with E-state index in [1.807, 2.05) is 30.3 Å². The number of halogens is 2. The van der Waals surface area contributed by atoms with Gasteiger partial charge in [-0.1, -0.05) is 47.5 Å². The first kappa shape index (κ1) is 16.4. The van der Waals surface area contributed by atoms with Gasteiger partial charge in [0.05, 0.1) is 16.9 Å². The predicted molar refractivity (Wildman–Crippen MR) is 94.3 cm³/mol. The molecule has 0 aliphatic rings. The number of benzene rings is 2. The number of aromatic amines is 1. The smallest absolute Gasteiger partial charge is 0.404 e. The van der Waals surface area contributed by atoms with Crippen LogP contribution in [0.3, 0.4) is 0 Å². The number of amides is 1. The fraction of sp³-hybridized carbons (Fsp3) is 0.0588. The minimum atomic E-state index is -1.05. The van der Waals surface area contributed by atoms with Crippen LogP contribution in [-0.4, -0.2) is 21.2 Å². The molecular formula is C17H13Cl2N3O2. The highest BCUT2D eigenvalue weighted by Crippen LogP contribution is 2.30. The molecule has 0 spiro atoms. The zero-order valence-electron chi connectivity index (χ0n) is 12.4. The molecule has 122 valence electrons. The Hall–Kier alpha value is -2.50. The molecule has 0 saturated heterocycles. The van der Waals surface area contributed by atoms with E-state index in [0.717, 1.165) is 22.4 Å². The minimum Gasteiger partial charge on any atom is -0.465 e. The molecule has 3 aromatic rings. The number of carboxylic acid groups (broad SMARTS) is 1. The van der Waals surface area contributed by atoms with Gasteiger partial charge in [0, 0.05) is 22.7 Å². The van der Waals surface area contributed by atoms with E-state index in [2.05, 4.69) is 15.3 Å². The number of nitrogens with one attached hydrogen (secondary N) is 2. The molecule has 1 aromatic heterocycles. The molecule has 0 aliphatic heterocycles. The van der Waals surface area contributed by atoms with Crippen LogP contribution in [-0.2, 0) is 6.54 Å². The normalized spacial score (nSPS) is 10.6. The Bertz CT molecular complexity index is 876. The molecule has 0 atom stereocenters. The lowest BCUT2D eigenvalue weighted by atomic mass is 10.1. The first-order chi connectivity index (χ1) is 11.5. The lowest BCUT2D eigenvalue weighted by molar-refractivity contribution is 0.194. The van der Waals surface area contributed by atoms with E-state index in [0.29, 0.717) is 15.9 Å². The summed E-state index contributed by atoms with van der Waals surface area (Å²) in [5.74, 6) is 0.703. The maximum atomic E-state index is 10.5. The van der Waals surface area contributed by atoms with Crippen LogP contribution in [0.5, 0.6) is 0 Å². The lowest BCUT2D eigenvalue weighted by Gasteiger charge is -2.03. The molecule has 0 radical (unpaired) electrons. The summed E-state index contributed by atoms with van der Waals surface area (Å²) in [6.07, 6.45) is 0.666. The Labute approximate surface area is 148 Å². The maximum absolute atomic E-state index is 10.5. The molecule has 7 heteroatoms. The standard InChI is InChI=1S/C17H13Cl2N3O2/c18-12-5-6-13(14(19)7-12)15-9-20-16(22-15)11-3-1-10(2-4-11)8-21-17(23)24/h1-7,9,21H,8H2,(H,20,22)(H,23,24). The van der Waals surface area contributed by atoms with Crippen LogP contribution in [0, 0.1) is 0 Å². The molecule has 0 unspecified atom stereocenters. The fourth-order valence-corrected chi connectivity index (χ4v) is 2.78. The zero-order valence-corrected chi connectivity index (χ0v) is 13.9. The number of nitrogens with zero attached hydrogens (tertiary/aromatic N) is 1. The minimum absolute atomic E-state index is 0.263. The van der Waals surface area contributed by atoms with Crippen molar-refractivity contribution in [2.45, 2.75) is 6.54 Å². The summed E-state index contributed by atoms with van der Waals surface area (Å²) in [4.78, 5) is 18.1. The van der Waals surface area contributed by atoms with E-state index in [1.54, 1.807) is 18.3 Å². The van der Waals surface area contributed by atoms with Crippen LogP contribution in [0.2, 0.25) is 10.0 Å². The average Bonchev–Trinajstić information content (AvgIpc) is 3.03. The van der Waals surface area contributed by atoms with Crippen LogP contribution in [0.4, 0.5) is 4.79 Å². The van der Waals surface area contributed by atoms with E-state index in [1.165, 1.54) is 0 Å². The van der Waals surface area contributed by atoms with Gasteiger partial charge in [-0.05, 0) is 23.8 Å². The first-order valence-electron chi connectivity index (χ1n) is 7.09. The number of imidazole rings is 1. The second-order valence-corrected chi connectivity index (χ2v) is 5.97. The molecule has 0 aliphatic carbocycles. The molecule has 0 fully saturated rings. The highest BCUT2D eigenvalue weighted by molar-refractivity contribution is 6.36. The summed E-state index contributed by atoms with van der Waals surface area (Å²) < 4.78 is 0. The van der Waals surface area contributed by atoms with Crippen LogP contribution < -0.4 is 5.32 Å². The summed E-state index contributed by atoms with van der Waals surface area (Å²) in [6, 6.07) is 12.8. The molecule has 1 amide bonds. The summed E-state index contributed by atoms with van der Waals surface area (Å²) >= 11 is 12.1. The Balaban J connectivity index is 1.81. The second kappa shape index (κ2) is 6.95. The van der Waals surface area contributed by atoms with E-state index in [-0.39, 0.29) is 6.54 Å². The molecular weight excluding hydrogens is 349 g/mol. The maximum Gasteiger partial charge on any atom is 0.404 e. The van der Waals surface area contributed by atoms with Crippen LogP contribution >= 0.6 is 23.2 Å². The second-order valence-electron chi connectivity index (χ2n) is 5.13. The summed E-state index contributed by atoms with van der Waals surface area (Å²) in [5, 5.41) is 12.1. The zero-order chi connectivity index (χ0) is 17.1. The predicted octanol–water partition coefficient (Wildman–Crippen LogP) is 4.82. The molecule has 2 aromatic carbocycles. The molecule has 0 saturated carbocycles. The average molecular weight is 362 g/mol. The Kier molecular flexibility index (Phi) is 4.74. The monoisotopic (exact) mass is 361 g/mol. The highest BCUT2D eigenvalue weighted by atomic mass is 35.5. The third-order valence-corrected chi connectivity index (χ3v) is 4.02. The van der Waals surface area contributed by atoms with Gasteiger partial charge in [-0.15, -0.1) is 0 Å². The van der Waals surface area contributed by atoms with Crippen molar-refractivity contribution in [1.82, 2.24) is 15.3 Å². The van der Waals surface area contributed by atoms with Gasteiger partial charge < -0.3 is 15.4 Å². The van der Waals surface area contributed by atoms with Gasteiger partial charge >= 0.3 is 6.09 Å². The van der Waals surface area contributed by atoms with Crippen molar-refractivity contribution in [3.63, 3.8) is 0 Å². The van der Waals surface area contributed by atoms with E-state index in [9.17, 15) is 4.79 Å². The fourth-order valence-electron chi connectivity index (χ4n) is 2.27. The molecule has 5 nitrogen and oxygen atoms in total. The van der Waals surface area contributed by atoms with Gasteiger partial charge in [-0.25, -0.2) is 9.78 Å². The van der Waals surface area contributed by atoms with Gasteiger partial charge in [-0.3, -0.25) is 0 Å². The van der Waals surface area contributed by atoms with Crippen molar-refractivity contribution in [3.05, 3.63) is 64.3 Å². The Morgan fingerprint density at radius 2 is 1.92 bits per heavy atom. The van der Waals surface area contributed by atoms with Crippen LogP contribution in [0.15, 0.2) is 48.7 Å². The van der Waals surface area contributed by atoms with Crippen molar-refractivity contribution in [2.75, 3.05) is 0 Å². The summed E-state index contributed by atoms with van der Waals surface area (Å²) in [6.45, 7) is 0.263. The van der Waals surface area contributed by atoms with Gasteiger partial charge in [0.2, 0.25) is 0 Å². The topological polar surface area (TPSA) is 78.0 Å². The van der Waals surface area contributed by atoms with E-state index >= 15 is 0 Å². The Morgan fingerprint density at radius 3 is 2.58 bits per heavy atom. The molecule has 0 bridgehead atoms. The molecule has 24 heavy (non-hydrogen) atoms. The summed E-state index contributed by atoms with van der Waals surface area (Å²) in [5.41, 5.74) is 3.38.